The number of H-pyrrole nitrogens is 1. The number of nitrogens with one attached hydrogen (secondary N) is 5. The number of carbonyl (C=O) groups is 6. The smallest absolute Gasteiger partial charge is 0.394 e. The average molecular weight is 983 g/mol. The number of unbranched alkanes of at least 4 members (excludes halogenated alkanes) is 1. The number of hydrogen-bond donors (Lipinski definition) is 10. The van der Waals surface area contributed by atoms with Crippen LogP contribution in [0, 0.1) is 11.8 Å². The molecule has 0 bridgehead atoms. The van der Waals surface area contributed by atoms with Crippen molar-refractivity contribution >= 4 is 43.3 Å². The van der Waals surface area contributed by atoms with Gasteiger partial charge in [0.1, 0.15) is 30.2 Å². The van der Waals surface area contributed by atoms with Crippen LogP contribution in [0.5, 0.6) is 0 Å². The Bertz CT molecular complexity index is 1910. The summed E-state index contributed by atoms with van der Waals surface area (Å²) in [6.45, 7) is 13.7. The molecule has 7 atom stereocenters. The Morgan fingerprint density at radius 3 is 2.07 bits per heavy atom. The third-order valence-corrected chi connectivity index (χ3v) is 10.9. The minimum atomic E-state index is -5.12. The Hall–Kier alpha value is -4.80. The van der Waals surface area contributed by atoms with Crippen LogP contribution in [0.15, 0.2) is 42.9 Å². The van der Waals surface area contributed by atoms with Crippen LogP contribution in [0.25, 0.3) is 0 Å². The summed E-state index contributed by atoms with van der Waals surface area (Å²) in [7, 11) is -5.12. The van der Waals surface area contributed by atoms with E-state index in [2.05, 4.69) is 68.7 Å². The van der Waals surface area contributed by atoms with Crippen LogP contribution in [-0.4, -0.2) is 151 Å². The van der Waals surface area contributed by atoms with E-state index in [4.69, 9.17) is 25.0 Å². The summed E-state index contributed by atoms with van der Waals surface area (Å²) in [5, 5.41) is 29.5. The standard InChI is InChI=1S/C41H65N8O14P.C4H10/c1-25(2)17-30(37(54)45-31(18-28-20-43-24-44-28)38(55)47-32(22-50)39(56)48-35(36(42)53)26(3)63-64(58,59)60)46-40(57)33-19-29(61-15-10-9-13-27-11-7-6-8-12-27)21-49(33)34(52)14-16-62-41(4,5)23-51;1-4(2)3/h6-8,11-12,20,24-26,29-33,35,50-51H,9-10,13-19,21-23H2,1-5H3,(H2,42,53)(H,43,44)(H,45,54)(H,46,57)(H,47,55)(H,48,56)(H2,58,59,60);4H,1-3H3/t26?,29-,30+,31+,32?,33+,35+;/m1./s1. The predicted octanol–water partition coefficient (Wildman–Crippen LogP) is 0.762. The number of aryl methyl sites for hydroxylation is 1. The van der Waals surface area contributed by atoms with Crippen molar-refractivity contribution in [3.63, 3.8) is 0 Å². The van der Waals surface area contributed by atoms with E-state index in [1.54, 1.807) is 13.8 Å². The summed E-state index contributed by atoms with van der Waals surface area (Å²) in [6.07, 6.45) is 3.04. The molecule has 22 nitrogen and oxygen atoms in total. The van der Waals surface area contributed by atoms with Crippen molar-refractivity contribution < 1.29 is 67.3 Å². The molecule has 1 saturated heterocycles. The van der Waals surface area contributed by atoms with Gasteiger partial charge in [-0.25, -0.2) is 9.55 Å². The van der Waals surface area contributed by atoms with Gasteiger partial charge in [0.15, 0.2) is 0 Å². The van der Waals surface area contributed by atoms with Gasteiger partial charge in [0.05, 0.1) is 50.4 Å². The van der Waals surface area contributed by atoms with Gasteiger partial charge in [-0.1, -0.05) is 65.0 Å². The number of nitrogens with zero attached hydrogens (tertiary/aromatic N) is 2. The van der Waals surface area contributed by atoms with Gasteiger partial charge >= 0.3 is 7.82 Å². The van der Waals surface area contributed by atoms with E-state index in [9.17, 15) is 43.5 Å². The maximum absolute atomic E-state index is 14.2. The fraction of sp³-hybridized carbons (Fsp3) is 0.667. The van der Waals surface area contributed by atoms with E-state index < -0.39 is 97.9 Å². The lowest BCUT2D eigenvalue weighted by molar-refractivity contribution is -0.142. The molecule has 2 aromatic rings. The molecule has 6 amide bonds. The number of primary amides is 1. The Morgan fingerprint density at radius 1 is 0.897 bits per heavy atom. The zero-order chi connectivity index (χ0) is 51.2. The molecular formula is C45H75N8O14P. The van der Waals surface area contributed by atoms with Gasteiger partial charge in [0, 0.05) is 37.9 Å². The van der Waals surface area contributed by atoms with E-state index in [1.165, 1.54) is 23.0 Å². The van der Waals surface area contributed by atoms with Crippen LogP contribution in [0.2, 0.25) is 0 Å². The van der Waals surface area contributed by atoms with Crippen LogP contribution in [0.3, 0.4) is 0 Å². The monoisotopic (exact) mass is 983 g/mol. The highest BCUT2D eigenvalue weighted by atomic mass is 31.2. The maximum Gasteiger partial charge on any atom is 0.469 e. The molecule has 11 N–H and O–H groups in total. The van der Waals surface area contributed by atoms with Crippen molar-refractivity contribution in [1.29, 1.82) is 0 Å². The minimum Gasteiger partial charge on any atom is -0.394 e. The van der Waals surface area contributed by atoms with Gasteiger partial charge in [-0.3, -0.25) is 33.3 Å². The van der Waals surface area contributed by atoms with Crippen LogP contribution in [0.1, 0.15) is 98.8 Å². The zero-order valence-corrected chi connectivity index (χ0v) is 41.4. The van der Waals surface area contributed by atoms with Crippen LogP contribution in [0.4, 0.5) is 0 Å². The fourth-order valence-electron chi connectivity index (χ4n) is 6.86. The molecule has 1 aromatic carbocycles. The Kier molecular flexibility index (Phi) is 25.5. The van der Waals surface area contributed by atoms with Crippen LogP contribution < -0.4 is 27.0 Å². The first kappa shape index (κ1) is 59.3. The topological polar surface area (TPSA) is 334 Å². The van der Waals surface area contributed by atoms with Crippen LogP contribution >= 0.6 is 7.82 Å². The van der Waals surface area contributed by atoms with Gasteiger partial charge in [0.25, 0.3) is 0 Å². The molecule has 384 valence electrons. The number of hydrogen-bond acceptors (Lipinski definition) is 13. The SMILES string of the molecule is CC(C)C.CC(C)C[C@H](NC(=O)[C@@H]1C[C@@H](OCCCCc2ccccc2)CN1C(=O)CCOC(C)(C)CO)C(=O)N[C@@H](Cc1cnc[nH]1)C(=O)NC(CO)C(=O)N[C@H](C(N)=O)C(C)OP(=O)(O)O. The Morgan fingerprint density at radius 2 is 1.51 bits per heavy atom. The minimum absolute atomic E-state index is 0.0188. The molecule has 2 heterocycles. The number of aromatic nitrogens is 2. The highest BCUT2D eigenvalue weighted by molar-refractivity contribution is 7.46. The number of carbonyl (C=O) groups excluding carboxylic acids is 6. The molecule has 0 radical (unpaired) electrons. The number of ether oxygens (including phenoxy) is 2. The molecule has 0 spiro atoms. The summed E-state index contributed by atoms with van der Waals surface area (Å²) in [6, 6.07) is 2.77. The lowest BCUT2D eigenvalue weighted by Gasteiger charge is -2.29. The first-order valence-electron chi connectivity index (χ1n) is 22.9. The van der Waals surface area contributed by atoms with Crippen molar-refractivity contribution in [2.24, 2.45) is 17.6 Å². The molecule has 0 aliphatic carbocycles. The van der Waals surface area contributed by atoms with Gasteiger partial charge in [-0.05, 0) is 63.9 Å². The van der Waals surface area contributed by atoms with Crippen molar-refractivity contribution in [3.8, 4) is 0 Å². The van der Waals surface area contributed by atoms with E-state index >= 15 is 0 Å². The van der Waals surface area contributed by atoms with Gasteiger partial charge in [-0.2, -0.15) is 0 Å². The van der Waals surface area contributed by atoms with E-state index in [1.807, 2.05) is 32.0 Å². The quantitative estimate of drug-likeness (QED) is 0.0416. The first-order chi connectivity index (χ1) is 31.9. The number of phosphoric acid groups is 1. The van der Waals surface area contributed by atoms with Crippen molar-refractivity contribution in [3.05, 3.63) is 54.1 Å². The second-order valence-electron chi connectivity index (χ2n) is 18.4. The average Bonchev–Trinajstić information content (AvgIpc) is 3.93. The summed E-state index contributed by atoms with van der Waals surface area (Å²) in [5.41, 5.74) is 6.01. The molecule has 1 fully saturated rings. The molecule has 0 saturated carbocycles. The second-order valence-corrected chi connectivity index (χ2v) is 19.6. The number of phosphoric ester groups is 1. The molecule has 3 rings (SSSR count). The fourth-order valence-corrected chi connectivity index (χ4v) is 7.41. The first-order valence-corrected chi connectivity index (χ1v) is 24.4. The van der Waals surface area contributed by atoms with Gasteiger partial charge in [0.2, 0.25) is 35.4 Å². The van der Waals surface area contributed by atoms with E-state index in [-0.39, 0.29) is 51.4 Å². The number of nitrogens with two attached hydrogens (primary N) is 1. The lowest BCUT2D eigenvalue weighted by Crippen LogP contribution is -2.61. The normalized spacial score (nSPS) is 17.3. The number of aliphatic hydroxyl groups excluding tert-OH is 2. The van der Waals surface area contributed by atoms with E-state index in [0.29, 0.717) is 12.3 Å². The number of aliphatic hydroxyl groups is 2. The molecule has 2 unspecified atom stereocenters. The molecule has 1 aliphatic rings. The Balaban J connectivity index is 0.00000381. The summed E-state index contributed by atoms with van der Waals surface area (Å²) >= 11 is 0. The summed E-state index contributed by atoms with van der Waals surface area (Å²) < 4.78 is 27.7. The number of amides is 6. The van der Waals surface area contributed by atoms with Crippen molar-refractivity contribution in [2.45, 2.75) is 148 Å². The third kappa shape index (κ3) is 22.5. The largest absolute Gasteiger partial charge is 0.469 e. The molecule has 23 heteroatoms. The molecule has 68 heavy (non-hydrogen) atoms. The number of aromatic amines is 1. The predicted molar refractivity (Wildman–Crippen MR) is 250 cm³/mol. The van der Waals surface area contributed by atoms with Crippen molar-refractivity contribution in [1.82, 2.24) is 36.1 Å². The third-order valence-electron chi connectivity index (χ3n) is 10.3. The summed E-state index contributed by atoms with van der Waals surface area (Å²) in [4.78, 5) is 107. The number of rotatable bonds is 28. The van der Waals surface area contributed by atoms with Crippen molar-refractivity contribution in [2.75, 3.05) is 33.0 Å². The molecule has 1 aliphatic heterocycles. The second kappa shape index (κ2) is 29.3. The van der Waals surface area contributed by atoms with Crippen LogP contribution in [-0.2, 0) is 60.2 Å². The molecule has 1 aromatic heterocycles. The number of likely N-dealkylation sites (tertiary alicyclic amines) is 1. The number of imidazole rings is 1. The highest BCUT2D eigenvalue weighted by Crippen LogP contribution is 2.38. The number of benzene rings is 1. The Labute approximate surface area is 398 Å². The lowest BCUT2D eigenvalue weighted by atomic mass is 10.0. The summed E-state index contributed by atoms with van der Waals surface area (Å²) in [5.74, 6) is -4.53. The van der Waals surface area contributed by atoms with Gasteiger partial charge < -0.3 is 66.4 Å². The van der Waals surface area contributed by atoms with Gasteiger partial charge in [-0.15, -0.1) is 0 Å². The highest BCUT2D eigenvalue weighted by Gasteiger charge is 2.42. The zero-order valence-electron chi connectivity index (χ0n) is 40.5. The van der Waals surface area contributed by atoms with E-state index in [0.717, 1.165) is 32.1 Å². The maximum atomic E-state index is 14.2. The molecular weight excluding hydrogens is 908 g/mol.